The summed E-state index contributed by atoms with van der Waals surface area (Å²) in [6.07, 6.45) is 8.02. The lowest BCUT2D eigenvalue weighted by atomic mass is 9.74. The molecule has 0 aliphatic heterocycles. The fraction of sp³-hybridized carbons (Fsp3) is 1.00. The zero-order valence-electron chi connectivity index (χ0n) is 12.5. The van der Waals surface area contributed by atoms with Crippen LogP contribution in [0, 0.1) is 17.8 Å². The van der Waals surface area contributed by atoms with Gasteiger partial charge in [-0.05, 0) is 62.8 Å². The van der Waals surface area contributed by atoms with Gasteiger partial charge in [0.05, 0.1) is 12.2 Å². The van der Waals surface area contributed by atoms with Gasteiger partial charge in [0.2, 0.25) is 0 Å². The molecule has 2 heteroatoms. The predicted octanol–water partition coefficient (Wildman–Crippen LogP) is 3.61. The lowest BCUT2D eigenvalue weighted by Gasteiger charge is -2.41. The molecule has 0 amide bonds. The summed E-state index contributed by atoms with van der Waals surface area (Å²) in [6, 6.07) is 0. The molecule has 0 heterocycles. The first-order chi connectivity index (χ1) is 8.65. The van der Waals surface area contributed by atoms with Crippen molar-refractivity contribution in [2.75, 3.05) is 19.7 Å². The lowest BCUT2D eigenvalue weighted by molar-refractivity contribution is -0.0831. The van der Waals surface area contributed by atoms with Crippen molar-refractivity contribution in [3.63, 3.8) is 0 Å². The molecular formula is C16H31NO. The average Bonchev–Trinajstić information content (AvgIpc) is 3.19. The Morgan fingerprint density at radius 1 is 1.17 bits per heavy atom. The molecule has 0 saturated heterocycles. The van der Waals surface area contributed by atoms with Gasteiger partial charge in [0.1, 0.15) is 0 Å². The third-order valence-electron chi connectivity index (χ3n) is 4.90. The first kappa shape index (κ1) is 14.3. The highest BCUT2D eigenvalue weighted by Gasteiger charge is 2.38. The van der Waals surface area contributed by atoms with E-state index in [9.17, 15) is 0 Å². The number of rotatable bonds is 7. The van der Waals surface area contributed by atoms with Crippen LogP contribution in [0.25, 0.3) is 0 Å². The van der Waals surface area contributed by atoms with Crippen molar-refractivity contribution in [3.05, 3.63) is 0 Å². The van der Waals surface area contributed by atoms with Crippen LogP contribution in [-0.4, -0.2) is 25.3 Å². The van der Waals surface area contributed by atoms with Crippen LogP contribution in [0.5, 0.6) is 0 Å². The molecular weight excluding hydrogens is 222 g/mol. The summed E-state index contributed by atoms with van der Waals surface area (Å²) in [5.41, 5.74) is 0.157. The van der Waals surface area contributed by atoms with Crippen molar-refractivity contribution in [2.45, 2.75) is 64.9 Å². The van der Waals surface area contributed by atoms with Gasteiger partial charge in [0.25, 0.3) is 0 Å². The van der Waals surface area contributed by atoms with Crippen molar-refractivity contribution in [1.82, 2.24) is 5.32 Å². The molecule has 2 saturated carbocycles. The van der Waals surface area contributed by atoms with Gasteiger partial charge in [-0.2, -0.15) is 0 Å². The number of hydrogen-bond acceptors (Lipinski definition) is 2. The van der Waals surface area contributed by atoms with Crippen molar-refractivity contribution in [2.24, 2.45) is 17.8 Å². The van der Waals surface area contributed by atoms with Crippen LogP contribution in [0.15, 0.2) is 0 Å². The molecule has 106 valence electrons. The SMILES string of the molecule is CCNCC1(OCC2CC2)CCC(C(C)C)CC1. The lowest BCUT2D eigenvalue weighted by Crippen LogP contribution is -2.46. The normalized spacial score (nSPS) is 33.0. The summed E-state index contributed by atoms with van der Waals surface area (Å²) >= 11 is 0. The molecule has 2 rings (SSSR count). The second-order valence-corrected chi connectivity index (χ2v) is 6.80. The largest absolute Gasteiger partial charge is 0.373 e. The highest BCUT2D eigenvalue weighted by molar-refractivity contribution is 4.90. The third-order valence-corrected chi connectivity index (χ3v) is 4.90. The van der Waals surface area contributed by atoms with Gasteiger partial charge in [-0.15, -0.1) is 0 Å². The number of likely N-dealkylation sites (N-methyl/N-ethyl adjacent to an activating group) is 1. The van der Waals surface area contributed by atoms with E-state index in [2.05, 4.69) is 26.1 Å². The Morgan fingerprint density at radius 3 is 2.33 bits per heavy atom. The summed E-state index contributed by atoms with van der Waals surface area (Å²) in [4.78, 5) is 0. The number of hydrogen-bond donors (Lipinski definition) is 1. The zero-order valence-corrected chi connectivity index (χ0v) is 12.5. The Hall–Kier alpha value is -0.0800. The van der Waals surface area contributed by atoms with E-state index < -0.39 is 0 Å². The molecule has 0 aromatic carbocycles. The molecule has 2 aliphatic carbocycles. The Kier molecular flexibility index (Phi) is 5.08. The predicted molar refractivity (Wildman–Crippen MR) is 76.7 cm³/mol. The molecule has 0 radical (unpaired) electrons. The molecule has 0 spiro atoms. The topological polar surface area (TPSA) is 21.3 Å². The monoisotopic (exact) mass is 253 g/mol. The third kappa shape index (κ3) is 3.96. The van der Waals surface area contributed by atoms with Crippen LogP contribution in [0.3, 0.4) is 0 Å². The smallest absolute Gasteiger partial charge is 0.0806 e. The van der Waals surface area contributed by atoms with Crippen LogP contribution in [0.1, 0.15) is 59.3 Å². The molecule has 18 heavy (non-hydrogen) atoms. The van der Waals surface area contributed by atoms with E-state index in [1.807, 2.05) is 0 Å². The van der Waals surface area contributed by atoms with E-state index in [-0.39, 0.29) is 5.60 Å². The van der Waals surface area contributed by atoms with Crippen LogP contribution < -0.4 is 5.32 Å². The maximum atomic E-state index is 6.36. The van der Waals surface area contributed by atoms with Gasteiger partial charge in [0, 0.05) is 6.54 Å². The fourth-order valence-electron chi connectivity index (χ4n) is 3.14. The van der Waals surface area contributed by atoms with Crippen LogP contribution in [-0.2, 0) is 4.74 Å². The van der Waals surface area contributed by atoms with E-state index in [4.69, 9.17) is 4.74 Å². The van der Waals surface area contributed by atoms with Gasteiger partial charge in [-0.1, -0.05) is 20.8 Å². The van der Waals surface area contributed by atoms with E-state index in [1.165, 1.54) is 38.5 Å². The molecule has 1 N–H and O–H groups in total. The minimum absolute atomic E-state index is 0.157. The van der Waals surface area contributed by atoms with Gasteiger partial charge in [-0.3, -0.25) is 0 Å². The van der Waals surface area contributed by atoms with E-state index in [1.54, 1.807) is 0 Å². The molecule has 0 unspecified atom stereocenters. The fourth-order valence-corrected chi connectivity index (χ4v) is 3.14. The van der Waals surface area contributed by atoms with Gasteiger partial charge >= 0.3 is 0 Å². The quantitative estimate of drug-likeness (QED) is 0.748. The molecule has 2 fully saturated rings. The summed E-state index contributed by atoms with van der Waals surface area (Å²) < 4.78 is 6.36. The molecule has 2 nitrogen and oxygen atoms in total. The first-order valence-electron chi connectivity index (χ1n) is 8.00. The molecule has 0 bridgehead atoms. The minimum atomic E-state index is 0.157. The summed E-state index contributed by atoms with van der Waals surface area (Å²) in [7, 11) is 0. The Labute approximate surface area is 113 Å². The molecule has 0 aromatic heterocycles. The number of nitrogens with one attached hydrogen (secondary N) is 1. The average molecular weight is 253 g/mol. The number of ether oxygens (including phenoxy) is 1. The van der Waals surface area contributed by atoms with Crippen LogP contribution in [0.2, 0.25) is 0 Å². The van der Waals surface area contributed by atoms with Crippen molar-refractivity contribution < 1.29 is 4.74 Å². The molecule has 2 aliphatic rings. The summed E-state index contributed by atoms with van der Waals surface area (Å²) in [5, 5.41) is 3.52. The van der Waals surface area contributed by atoms with E-state index in [0.717, 1.165) is 37.5 Å². The second-order valence-electron chi connectivity index (χ2n) is 6.80. The summed E-state index contributed by atoms with van der Waals surface area (Å²) in [6.45, 7) is 10.1. The second kappa shape index (κ2) is 6.38. The van der Waals surface area contributed by atoms with Crippen molar-refractivity contribution >= 4 is 0 Å². The minimum Gasteiger partial charge on any atom is -0.373 e. The van der Waals surface area contributed by atoms with Crippen LogP contribution in [0.4, 0.5) is 0 Å². The van der Waals surface area contributed by atoms with Crippen molar-refractivity contribution in [1.29, 1.82) is 0 Å². The maximum absolute atomic E-state index is 6.36. The van der Waals surface area contributed by atoms with Gasteiger partial charge < -0.3 is 10.1 Å². The Morgan fingerprint density at radius 2 is 1.83 bits per heavy atom. The van der Waals surface area contributed by atoms with Gasteiger partial charge in [0.15, 0.2) is 0 Å². The summed E-state index contributed by atoms with van der Waals surface area (Å²) in [5.74, 6) is 2.64. The van der Waals surface area contributed by atoms with E-state index >= 15 is 0 Å². The van der Waals surface area contributed by atoms with Crippen molar-refractivity contribution in [3.8, 4) is 0 Å². The highest BCUT2D eigenvalue weighted by Crippen LogP contribution is 2.39. The highest BCUT2D eigenvalue weighted by atomic mass is 16.5. The van der Waals surface area contributed by atoms with Gasteiger partial charge in [-0.25, -0.2) is 0 Å². The Balaban J connectivity index is 1.84. The standard InChI is InChI=1S/C16H31NO/c1-4-17-12-16(18-11-14-5-6-14)9-7-15(8-10-16)13(2)3/h13-15,17H,4-12H2,1-3H3. The van der Waals surface area contributed by atoms with E-state index in [0.29, 0.717) is 0 Å². The molecule has 0 aromatic rings. The zero-order chi connectivity index (χ0) is 13.0. The van der Waals surface area contributed by atoms with Crippen LogP contribution >= 0.6 is 0 Å². The maximum Gasteiger partial charge on any atom is 0.0806 e. The molecule has 0 atom stereocenters. The Bertz CT molecular complexity index is 239. The first-order valence-corrected chi connectivity index (χ1v) is 8.00.